The van der Waals surface area contributed by atoms with Gasteiger partial charge in [0.25, 0.3) is 0 Å². The fourth-order valence-electron chi connectivity index (χ4n) is 6.53. The summed E-state index contributed by atoms with van der Waals surface area (Å²) >= 11 is 0. The Hall–Kier alpha value is -7.43. The van der Waals surface area contributed by atoms with Crippen LogP contribution in [0.5, 0.6) is 0 Å². The number of hydrogen-bond donors (Lipinski definition) is 0. The number of rotatable bonds is 7. The molecule has 10 rings (SSSR count). The average Bonchev–Trinajstić information content (AvgIpc) is 3.74. The van der Waals surface area contributed by atoms with Crippen molar-refractivity contribution in [1.82, 2.24) is 19.5 Å². The molecule has 4 heteroatoms. The number of aromatic nitrogens is 4. The summed E-state index contributed by atoms with van der Waals surface area (Å²) in [7, 11) is 0. The van der Waals surface area contributed by atoms with Gasteiger partial charge in [-0.15, -0.1) is 0 Å². The monoisotopic (exact) mass is 718 g/mol. The van der Waals surface area contributed by atoms with Gasteiger partial charge in [-0.1, -0.05) is 176 Å². The predicted octanol–water partition coefficient (Wildman–Crippen LogP) is 13.0. The normalized spacial score (nSPS) is 15.3. The highest BCUT2D eigenvalue weighted by molar-refractivity contribution is 6.13. The molecule has 0 spiro atoms. The SMILES string of the molecule is [2H]c1c([2H])c([2H])c(-c2c([2H])c([2H])c(-n3c4c([2H])c([2H])c([2H])c([2H])c4c4c([2H])c([2H])c([2H])c(-c5nc(-c6ccc(-c7ccccc7)cc6)nc(-c6cccc(-c7ccccc7)c6)n5)c43)c([2H])c2[2H])c([2H])c1[2H]. The van der Waals surface area contributed by atoms with E-state index in [9.17, 15) is 12.3 Å². The molecule has 0 N–H and O–H groups in total. The Morgan fingerprint density at radius 3 is 1.65 bits per heavy atom. The Balaban J connectivity index is 1.34. The summed E-state index contributed by atoms with van der Waals surface area (Å²) in [5.74, 6) is -0.0676. The highest BCUT2D eigenvalue weighted by Gasteiger charge is 2.20. The standard InChI is InChI=1S/C51H34N4/c1-4-14-35(15-5-1)38-26-28-40(29-27-38)49-52-50(42-21-12-20-41(34-42)37-18-8-3-9-19-37)54-51(53-49)46-24-13-23-45-44-22-10-11-25-47(44)55(48(45)46)43-32-30-39(31-33-43)36-16-6-2-7-17-36/h1-34H/i2D,6D,7D,10D,11D,13D,16D,17D,22D,23D,24D,25D,30D,31D,32D,33D. The Bertz CT molecular complexity index is 3820. The molecule has 10 aromatic rings. The summed E-state index contributed by atoms with van der Waals surface area (Å²) in [5, 5.41) is -0.643. The molecule has 0 aliphatic rings. The van der Waals surface area contributed by atoms with E-state index in [0.29, 0.717) is 11.1 Å². The van der Waals surface area contributed by atoms with Crippen molar-refractivity contribution in [3.05, 3.63) is 206 Å². The molecular weight excluding hydrogens is 669 g/mol. The van der Waals surface area contributed by atoms with Gasteiger partial charge in [0.15, 0.2) is 17.5 Å². The van der Waals surface area contributed by atoms with Gasteiger partial charge in [0.1, 0.15) is 0 Å². The third-order valence-electron chi connectivity index (χ3n) is 9.14. The minimum absolute atomic E-state index is 0.0999. The van der Waals surface area contributed by atoms with Crippen LogP contribution in [0.1, 0.15) is 21.9 Å². The summed E-state index contributed by atoms with van der Waals surface area (Å²) in [6.07, 6.45) is 0. The van der Waals surface area contributed by atoms with Gasteiger partial charge in [-0.3, -0.25) is 0 Å². The highest BCUT2D eigenvalue weighted by Crippen LogP contribution is 2.39. The third kappa shape index (κ3) is 6.06. The maximum Gasteiger partial charge on any atom is 0.166 e. The maximum absolute atomic E-state index is 9.59. The number of hydrogen-bond acceptors (Lipinski definition) is 3. The molecule has 4 nitrogen and oxygen atoms in total. The zero-order valence-corrected chi connectivity index (χ0v) is 28.7. The number of fused-ring (bicyclic) bond motifs is 3. The number of nitrogens with zero attached hydrogens (tertiary/aromatic N) is 4. The molecule has 55 heavy (non-hydrogen) atoms. The largest absolute Gasteiger partial charge is 0.308 e. The van der Waals surface area contributed by atoms with Gasteiger partial charge in [0.05, 0.1) is 33.0 Å². The van der Waals surface area contributed by atoms with E-state index in [-0.39, 0.29) is 39.3 Å². The molecule has 0 unspecified atom stereocenters. The van der Waals surface area contributed by atoms with Gasteiger partial charge in [-0.2, -0.15) is 0 Å². The molecule has 0 saturated carbocycles. The first-order valence-corrected chi connectivity index (χ1v) is 17.2. The number of benzene rings is 8. The van der Waals surface area contributed by atoms with Crippen LogP contribution in [-0.2, 0) is 0 Å². The van der Waals surface area contributed by atoms with Gasteiger partial charge < -0.3 is 4.57 Å². The van der Waals surface area contributed by atoms with Gasteiger partial charge in [0.2, 0.25) is 0 Å². The summed E-state index contributed by atoms with van der Waals surface area (Å²) in [5.41, 5.74) is 1.60. The van der Waals surface area contributed by atoms with Crippen molar-refractivity contribution in [2.24, 2.45) is 0 Å². The summed E-state index contributed by atoms with van der Waals surface area (Å²) in [6, 6.07) is 21.7. The zero-order valence-electron chi connectivity index (χ0n) is 44.7. The molecule has 0 aliphatic heterocycles. The Morgan fingerprint density at radius 1 is 0.364 bits per heavy atom. The Morgan fingerprint density at radius 2 is 0.909 bits per heavy atom. The molecule has 0 fully saturated rings. The van der Waals surface area contributed by atoms with Crippen LogP contribution in [0.4, 0.5) is 0 Å². The molecule has 2 heterocycles. The van der Waals surface area contributed by atoms with E-state index < -0.39 is 119 Å². The van der Waals surface area contributed by atoms with E-state index >= 15 is 0 Å². The number of para-hydroxylation sites is 2. The molecule has 0 aliphatic carbocycles. The molecule has 2 aromatic heterocycles. The van der Waals surface area contributed by atoms with E-state index in [4.69, 9.17) is 24.5 Å². The van der Waals surface area contributed by atoms with E-state index in [1.54, 1.807) is 18.2 Å². The lowest BCUT2D eigenvalue weighted by Crippen LogP contribution is -2.02. The first kappa shape index (κ1) is 19.6. The third-order valence-corrected chi connectivity index (χ3v) is 9.14. The summed E-state index contributed by atoms with van der Waals surface area (Å²) in [6.45, 7) is 0. The van der Waals surface area contributed by atoms with Crippen molar-refractivity contribution < 1.29 is 21.9 Å². The van der Waals surface area contributed by atoms with Gasteiger partial charge in [0, 0.05) is 33.2 Å². The van der Waals surface area contributed by atoms with Crippen LogP contribution in [-0.4, -0.2) is 19.5 Å². The molecule has 0 bridgehead atoms. The van der Waals surface area contributed by atoms with Crippen LogP contribution in [0.15, 0.2) is 206 Å². The molecule has 0 atom stereocenters. The van der Waals surface area contributed by atoms with E-state index in [0.717, 1.165) is 26.8 Å². The Kier molecular flexibility index (Phi) is 4.93. The molecule has 258 valence electrons. The topological polar surface area (TPSA) is 43.6 Å². The summed E-state index contributed by atoms with van der Waals surface area (Å²) < 4.78 is 145. The lowest BCUT2D eigenvalue weighted by molar-refractivity contribution is 1.07. The fourth-order valence-corrected chi connectivity index (χ4v) is 6.53. The van der Waals surface area contributed by atoms with Gasteiger partial charge in [-0.05, 0) is 63.6 Å². The lowest BCUT2D eigenvalue weighted by Gasteiger charge is -2.14. The van der Waals surface area contributed by atoms with E-state index in [1.807, 2.05) is 91.0 Å². The minimum Gasteiger partial charge on any atom is -0.308 e. The van der Waals surface area contributed by atoms with Crippen molar-refractivity contribution in [3.8, 4) is 73.2 Å². The van der Waals surface area contributed by atoms with Gasteiger partial charge >= 0.3 is 0 Å². The smallest absolute Gasteiger partial charge is 0.166 e. The lowest BCUT2D eigenvalue weighted by atomic mass is 10.0. The first-order chi connectivity index (χ1) is 33.9. The predicted molar refractivity (Wildman–Crippen MR) is 227 cm³/mol. The zero-order chi connectivity index (χ0) is 50.5. The van der Waals surface area contributed by atoms with Gasteiger partial charge in [-0.25, -0.2) is 15.0 Å². The molecular formula is C51H34N4. The van der Waals surface area contributed by atoms with Crippen LogP contribution >= 0.6 is 0 Å². The second-order valence-corrected chi connectivity index (χ2v) is 12.5. The first-order valence-electron chi connectivity index (χ1n) is 25.2. The van der Waals surface area contributed by atoms with Crippen LogP contribution in [0.3, 0.4) is 0 Å². The Labute approximate surface area is 342 Å². The average molecular weight is 719 g/mol. The summed E-state index contributed by atoms with van der Waals surface area (Å²) in [4.78, 5) is 14.7. The van der Waals surface area contributed by atoms with Crippen molar-refractivity contribution >= 4 is 21.8 Å². The molecule has 0 radical (unpaired) electrons. The second kappa shape index (κ2) is 13.8. The maximum atomic E-state index is 9.59. The van der Waals surface area contributed by atoms with Crippen LogP contribution in [0.25, 0.3) is 95.0 Å². The molecule has 0 amide bonds. The van der Waals surface area contributed by atoms with Crippen molar-refractivity contribution in [2.45, 2.75) is 0 Å². The minimum atomic E-state index is -0.869. The van der Waals surface area contributed by atoms with E-state index in [2.05, 4.69) is 0 Å². The molecule has 8 aromatic carbocycles. The fraction of sp³-hybridized carbons (Fsp3) is 0. The quantitative estimate of drug-likeness (QED) is 0.165. The van der Waals surface area contributed by atoms with Crippen LogP contribution in [0.2, 0.25) is 0 Å². The van der Waals surface area contributed by atoms with Crippen LogP contribution in [0, 0.1) is 0 Å². The molecule has 0 saturated heterocycles. The van der Waals surface area contributed by atoms with E-state index in [1.165, 1.54) is 0 Å². The van der Waals surface area contributed by atoms with Crippen LogP contribution < -0.4 is 0 Å². The van der Waals surface area contributed by atoms with Crippen molar-refractivity contribution in [3.63, 3.8) is 0 Å². The van der Waals surface area contributed by atoms with Crippen molar-refractivity contribution in [1.29, 1.82) is 0 Å². The van der Waals surface area contributed by atoms with Crippen molar-refractivity contribution in [2.75, 3.05) is 0 Å². The highest BCUT2D eigenvalue weighted by atomic mass is 15.0. The second-order valence-electron chi connectivity index (χ2n) is 12.5.